The molecule has 0 aliphatic heterocycles. The molecule has 0 aliphatic carbocycles. The first-order chi connectivity index (χ1) is 13.9. The van der Waals surface area contributed by atoms with Crippen molar-refractivity contribution in [2.45, 2.75) is 34.6 Å². The van der Waals surface area contributed by atoms with Gasteiger partial charge >= 0.3 is 0 Å². The van der Waals surface area contributed by atoms with Crippen LogP contribution in [0.4, 0.5) is 0 Å². The third-order valence-electron chi connectivity index (χ3n) is 6.95. The van der Waals surface area contributed by atoms with Crippen LogP contribution in [0.3, 0.4) is 0 Å². The largest absolute Gasteiger partial charge is 0.307 e. The molecule has 0 bridgehead atoms. The number of benzene rings is 3. The van der Waals surface area contributed by atoms with Crippen LogP contribution in [0.15, 0.2) is 42.6 Å². The lowest BCUT2D eigenvalue weighted by Crippen LogP contribution is -2.29. The molecule has 0 saturated carbocycles. The number of rotatable bonds is 0. The van der Waals surface area contributed by atoms with E-state index in [0.29, 0.717) is 0 Å². The first-order valence-electron chi connectivity index (χ1n) is 10.4. The zero-order valence-electron chi connectivity index (χ0n) is 17.9. The number of hydrogen-bond acceptors (Lipinski definition) is 0. The fourth-order valence-electron chi connectivity index (χ4n) is 5.56. The summed E-state index contributed by atoms with van der Waals surface area (Å²) in [6, 6.07) is 13.9. The van der Waals surface area contributed by atoms with Gasteiger partial charge in [-0.25, -0.2) is 4.57 Å². The van der Waals surface area contributed by atoms with E-state index in [9.17, 15) is 0 Å². The van der Waals surface area contributed by atoms with Gasteiger partial charge in [0.1, 0.15) is 7.05 Å². The van der Waals surface area contributed by atoms with Crippen LogP contribution in [-0.4, -0.2) is 4.40 Å². The van der Waals surface area contributed by atoms with Gasteiger partial charge in [-0.2, -0.15) is 0 Å². The quantitative estimate of drug-likeness (QED) is 0.165. The van der Waals surface area contributed by atoms with Crippen molar-refractivity contribution in [3.05, 3.63) is 70.4 Å². The monoisotopic (exact) mass is 377 g/mol. The molecule has 0 fully saturated rings. The second kappa shape index (κ2) is 5.27. The lowest BCUT2D eigenvalue weighted by molar-refractivity contribution is -0.643. The van der Waals surface area contributed by atoms with Crippen LogP contribution in [0.25, 0.3) is 49.0 Å². The van der Waals surface area contributed by atoms with E-state index in [4.69, 9.17) is 0 Å². The molecule has 6 aromatic rings. The molecule has 0 saturated heterocycles. The van der Waals surface area contributed by atoms with Gasteiger partial charge in [-0.05, 0) is 74.4 Å². The van der Waals surface area contributed by atoms with Gasteiger partial charge in [-0.15, -0.1) is 0 Å². The van der Waals surface area contributed by atoms with E-state index in [1.165, 1.54) is 76.8 Å². The molecule has 29 heavy (non-hydrogen) atoms. The van der Waals surface area contributed by atoms with Crippen molar-refractivity contribution in [1.29, 1.82) is 0 Å². The van der Waals surface area contributed by atoms with Gasteiger partial charge in [0.25, 0.3) is 0 Å². The molecule has 0 amide bonds. The van der Waals surface area contributed by atoms with Gasteiger partial charge < -0.3 is 4.40 Å². The highest BCUT2D eigenvalue weighted by atomic mass is 15.0. The maximum atomic E-state index is 2.55. The van der Waals surface area contributed by atoms with Crippen LogP contribution < -0.4 is 4.57 Å². The normalized spacial score (nSPS) is 12.5. The molecule has 0 N–H and O–H groups in total. The third-order valence-corrected chi connectivity index (χ3v) is 6.95. The number of fused-ring (bicyclic) bond motifs is 6. The molecular formula is C27H25N2+. The minimum atomic E-state index is 1.31. The third kappa shape index (κ3) is 1.89. The fourth-order valence-corrected chi connectivity index (χ4v) is 5.56. The zero-order valence-corrected chi connectivity index (χ0v) is 17.9. The van der Waals surface area contributed by atoms with Gasteiger partial charge in [-0.3, -0.25) is 0 Å². The Morgan fingerprint density at radius 3 is 2.31 bits per heavy atom. The van der Waals surface area contributed by atoms with E-state index in [0.717, 1.165) is 0 Å². The van der Waals surface area contributed by atoms with Crippen LogP contribution in [0, 0.1) is 34.6 Å². The van der Waals surface area contributed by atoms with E-state index >= 15 is 0 Å². The van der Waals surface area contributed by atoms with Crippen molar-refractivity contribution in [3.63, 3.8) is 0 Å². The predicted molar refractivity (Wildman–Crippen MR) is 123 cm³/mol. The van der Waals surface area contributed by atoms with E-state index < -0.39 is 0 Å². The minimum absolute atomic E-state index is 1.31. The summed E-state index contributed by atoms with van der Waals surface area (Å²) in [4.78, 5) is 0. The number of aryl methyl sites for hydroxylation is 6. The molecule has 2 nitrogen and oxygen atoms in total. The van der Waals surface area contributed by atoms with Crippen molar-refractivity contribution in [3.8, 4) is 0 Å². The average molecular weight is 378 g/mol. The van der Waals surface area contributed by atoms with Gasteiger partial charge in [0.05, 0.1) is 27.3 Å². The summed E-state index contributed by atoms with van der Waals surface area (Å²) in [5.41, 5.74) is 12.1. The molecule has 0 unspecified atom stereocenters. The Balaban J connectivity index is 2.17. The summed E-state index contributed by atoms with van der Waals surface area (Å²) in [5, 5.41) is 6.85. The predicted octanol–water partition coefficient (Wildman–Crippen LogP) is 6.36. The van der Waals surface area contributed by atoms with Crippen LogP contribution in [0.5, 0.6) is 0 Å². The number of pyridine rings is 2. The lowest BCUT2D eigenvalue weighted by Gasteiger charge is -2.16. The number of hydrogen-bond donors (Lipinski definition) is 0. The molecule has 142 valence electrons. The highest BCUT2D eigenvalue weighted by Gasteiger charge is 2.26. The van der Waals surface area contributed by atoms with E-state index in [2.05, 4.69) is 93.2 Å². The molecule has 2 heteroatoms. The smallest absolute Gasteiger partial charge is 0.224 e. The molecule has 6 rings (SSSR count). The Kier molecular flexibility index (Phi) is 3.05. The number of nitrogens with zero attached hydrogens (tertiary/aromatic N) is 2. The molecule has 0 spiro atoms. The maximum absolute atomic E-state index is 2.55. The lowest BCUT2D eigenvalue weighted by atomic mass is 9.94. The zero-order chi connectivity index (χ0) is 20.2. The number of aromatic nitrogens is 2. The van der Waals surface area contributed by atoms with E-state index in [1.54, 1.807) is 0 Å². The Morgan fingerprint density at radius 1 is 0.724 bits per heavy atom. The standard InChI is InChI=1S/C27H25N2/c1-14-7-8-21-20(11-14)22-16(3)13-19-9-10-28(6)26-23-18(5)15(2)12-17(4)25(23)29(21)27(22)24(19)26/h7-13H,1-6H3/q+1. The summed E-state index contributed by atoms with van der Waals surface area (Å²) in [7, 11) is 2.18. The Hall–Kier alpha value is -3.13. The summed E-state index contributed by atoms with van der Waals surface area (Å²) < 4.78 is 4.86. The second-order valence-electron chi connectivity index (χ2n) is 8.87. The average Bonchev–Trinajstić information content (AvgIpc) is 3.01. The van der Waals surface area contributed by atoms with Crippen molar-refractivity contribution in [1.82, 2.24) is 4.40 Å². The minimum Gasteiger partial charge on any atom is -0.307 e. The molecule has 0 atom stereocenters. The Labute approximate surface area is 170 Å². The van der Waals surface area contributed by atoms with Gasteiger partial charge in [0, 0.05) is 16.8 Å². The Morgan fingerprint density at radius 2 is 1.52 bits per heavy atom. The topological polar surface area (TPSA) is 8.29 Å². The molecular weight excluding hydrogens is 352 g/mol. The van der Waals surface area contributed by atoms with Crippen LogP contribution in [0.1, 0.15) is 27.8 Å². The van der Waals surface area contributed by atoms with E-state index in [1.807, 2.05) is 0 Å². The van der Waals surface area contributed by atoms with E-state index in [-0.39, 0.29) is 0 Å². The van der Waals surface area contributed by atoms with Crippen molar-refractivity contribution >= 4 is 49.0 Å². The molecule has 3 heterocycles. The SMILES string of the molecule is Cc1ccc2c(c1)c1c(C)cc3cc[n+](C)c4c5c(C)c(C)cc(C)c5n2c1c34. The van der Waals surface area contributed by atoms with Crippen molar-refractivity contribution in [2.75, 3.05) is 0 Å². The summed E-state index contributed by atoms with van der Waals surface area (Å²) >= 11 is 0. The molecule has 0 aliphatic rings. The van der Waals surface area contributed by atoms with Crippen LogP contribution in [-0.2, 0) is 7.05 Å². The summed E-state index contributed by atoms with van der Waals surface area (Å²) in [6.45, 7) is 11.2. The van der Waals surface area contributed by atoms with Crippen molar-refractivity contribution < 1.29 is 4.57 Å². The van der Waals surface area contributed by atoms with Crippen LogP contribution >= 0.6 is 0 Å². The summed E-state index contributed by atoms with van der Waals surface area (Å²) in [6.07, 6.45) is 2.21. The first-order valence-corrected chi connectivity index (χ1v) is 10.4. The highest BCUT2D eigenvalue weighted by molar-refractivity contribution is 6.28. The Bertz CT molecular complexity index is 1650. The van der Waals surface area contributed by atoms with Crippen LogP contribution in [0.2, 0.25) is 0 Å². The van der Waals surface area contributed by atoms with Gasteiger partial charge in [0.15, 0.2) is 6.20 Å². The van der Waals surface area contributed by atoms with Gasteiger partial charge in [-0.1, -0.05) is 23.8 Å². The fraction of sp³-hybridized carbons (Fsp3) is 0.222. The maximum Gasteiger partial charge on any atom is 0.224 e. The highest BCUT2D eigenvalue weighted by Crippen LogP contribution is 2.43. The summed E-state index contributed by atoms with van der Waals surface area (Å²) in [5.74, 6) is 0. The molecule has 0 radical (unpaired) electrons. The second-order valence-corrected chi connectivity index (χ2v) is 8.87. The molecule has 3 aromatic carbocycles. The first kappa shape index (κ1) is 16.8. The molecule has 3 aromatic heterocycles. The van der Waals surface area contributed by atoms with Crippen molar-refractivity contribution in [2.24, 2.45) is 7.05 Å². The van der Waals surface area contributed by atoms with Gasteiger partial charge in [0.2, 0.25) is 5.52 Å².